The van der Waals surface area contributed by atoms with Gasteiger partial charge in [0.1, 0.15) is 17.1 Å². The molecule has 0 spiro atoms. The number of rotatable bonds is 5. The van der Waals surface area contributed by atoms with Gasteiger partial charge in [-0.2, -0.15) is 0 Å². The average Bonchev–Trinajstić information content (AvgIpc) is 3.18. The highest BCUT2D eigenvalue weighted by Gasteiger charge is 2.26. The number of aromatic nitrogens is 2. The highest BCUT2D eigenvalue weighted by Crippen LogP contribution is 2.31. The summed E-state index contributed by atoms with van der Waals surface area (Å²) in [6, 6.07) is 15.8. The molecule has 6 heteroatoms. The smallest absolute Gasteiger partial charge is 0.343 e. The Balaban J connectivity index is 1.74. The van der Waals surface area contributed by atoms with Crippen molar-refractivity contribution in [3.05, 3.63) is 71.4 Å². The predicted octanol–water partition coefficient (Wildman–Crippen LogP) is 3.85. The fourth-order valence-corrected chi connectivity index (χ4v) is 3.33. The molecule has 1 aliphatic rings. The molecular formula is C22H21N3O3. The van der Waals surface area contributed by atoms with E-state index in [1.54, 1.807) is 20.2 Å². The number of carbonyl (C=O) groups excluding carboxylic acids is 1. The first-order valence-corrected chi connectivity index (χ1v) is 9.20. The van der Waals surface area contributed by atoms with Crippen LogP contribution in [0.15, 0.2) is 54.7 Å². The quantitative estimate of drug-likeness (QED) is 0.631. The predicted molar refractivity (Wildman–Crippen MR) is 106 cm³/mol. The maximum absolute atomic E-state index is 12.5. The van der Waals surface area contributed by atoms with Crippen molar-refractivity contribution in [3.8, 4) is 17.1 Å². The number of fused-ring (bicyclic) bond motifs is 1. The molecule has 0 saturated carbocycles. The Morgan fingerprint density at radius 3 is 2.36 bits per heavy atom. The van der Waals surface area contributed by atoms with E-state index in [1.807, 2.05) is 36.4 Å². The van der Waals surface area contributed by atoms with E-state index in [2.05, 4.69) is 22.0 Å². The monoisotopic (exact) mass is 375 g/mol. The minimum Gasteiger partial charge on any atom is -0.497 e. The van der Waals surface area contributed by atoms with E-state index in [0.29, 0.717) is 36.9 Å². The van der Waals surface area contributed by atoms with Crippen molar-refractivity contribution in [1.29, 1.82) is 0 Å². The van der Waals surface area contributed by atoms with Crippen LogP contribution in [0.4, 0.5) is 5.82 Å². The molecule has 0 saturated heterocycles. The van der Waals surface area contributed by atoms with E-state index in [0.717, 1.165) is 11.3 Å². The molecule has 3 aromatic rings. The third-order valence-corrected chi connectivity index (χ3v) is 4.75. The van der Waals surface area contributed by atoms with Gasteiger partial charge in [0.15, 0.2) is 5.82 Å². The zero-order chi connectivity index (χ0) is 19.5. The Labute approximate surface area is 163 Å². The normalized spacial score (nSPS) is 12.6. The standard InChI is InChI=1S/C22H21N3O3/c1-3-28-22(26)19-12-23-20(15-8-10-18(27-2)11-9-15)24-21(19)25-13-16-6-4-5-7-17(16)14-25/h4-12H,3,13-14H2,1-2H3. The molecule has 2 heterocycles. The highest BCUT2D eigenvalue weighted by atomic mass is 16.5. The lowest BCUT2D eigenvalue weighted by atomic mass is 10.1. The second-order valence-electron chi connectivity index (χ2n) is 6.50. The second-order valence-corrected chi connectivity index (χ2v) is 6.50. The van der Waals surface area contributed by atoms with Crippen LogP contribution in [0.3, 0.4) is 0 Å². The largest absolute Gasteiger partial charge is 0.497 e. The van der Waals surface area contributed by atoms with Crippen LogP contribution in [0.5, 0.6) is 5.75 Å². The zero-order valence-corrected chi connectivity index (χ0v) is 15.9. The second kappa shape index (κ2) is 7.68. The summed E-state index contributed by atoms with van der Waals surface area (Å²) in [5, 5.41) is 0. The lowest BCUT2D eigenvalue weighted by molar-refractivity contribution is 0.0526. The first-order valence-electron chi connectivity index (χ1n) is 9.20. The van der Waals surface area contributed by atoms with Crippen molar-refractivity contribution in [2.24, 2.45) is 0 Å². The molecule has 6 nitrogen and oxygen atoms in total. The molecule has 0 amide bonds. The van der Waals surface area contributed by atoms with Crippen molar-refractivity contribution >= 4 is 11.8 Å². The number of hydrogen-bond acceptors (Lipinski definition) is 6. The Hall–Kier alpha value is -3.41. The summed E-state index contributed by atoms with van der Waals surface area (Å²) >= 11 is 0. The fourth-order valence-electron chi connectivity index (χ4n) is 3.33. The molecular weight excluding hydrogens is 354 g/mol. The Kier molecular flexibility index (Phi) is 4.93. The van der Waals surface area contributed by atoms with Crippen molar-refractivity contribution in [1.82, 2.24) is 9.97 Å². The zero-order valence-electron chi connectivity index (χ0n) is 15.9. The minimum atomic E-state index is -0.408. The van der Waals surface area contributed by atoms with Gasteiger partial charge >= 0.3 is 5.97 Å². The number of hydrogen-bond donors (Lipinski definition) is 0. The molecule has 2 aromatic carbocycles. The van der Waals surface area contributed by atoms with Gasteiger partial charge in [0, 0.05) is 24.8 Å². The van der Waals surface area contributed by atoms with Crippen molar-refractivity contribution in [3.63, 3.8) is 0 Å². The molecule has 28 heavy (non-hydrogen) atoms. The molecule has 0 fully saturated rings. The molecule has 0 unspecified atom stereocenters. The van der Waals surface area contributed by atoms with Gasteiger partial charge in [-0.1, -0.05) is 24.3 Å². The van der Waals surface area contributed by atoms with Crippen LogP contribution in [0.2, 0.25) is 0 Å². The van der Waals surface area contributed by atoms with Crippen molar-refractivity contribution in [2.45, 2.75) is 20.0 Å². The third kappa shape index (κ3) is 3.41. The molecule has 0 atom stereocenters. The molecule has 0 radical (unpaired) electrons. The van der Waals surface area contributed by atoms with Crippen LogP contribution < -0.4 is 9.64 Å². The van der Waals surface area contributed by atoms with Gasteiger partial charge in [-0.25, -0.2) is 14.8 Å². The highest BCUT2D eigenvalue weighted by molar-refractivity contribution is 5.95. The number of methoxy groups -OCH3 is 1. The van der Waals surface area contributed by atoms with Gasteiger partial charge in [-0.05, 0) is 42.3 Å². The Bertz CT molecular complexity index is 977. The van der Waals surface area contributed by atoms with Crippen LogP contribution >= 0.6 is 0 Å². The van der Waals surface area contributed by atoms with Crippen LogP contribution in [-0.4, -0.2) is 29.7 Å². The van der Waals surface area contributed by atoms with Gasteiger partial charge in [-0.15, -0.1) is 0 Å². The third-order valence-electron chi connectivity index (χ3n) is 4.75. The van der Waals surface area contributed by atoms with Crippen LogP contribution in [0.25, 0.3) is 11.4 Å². The minimum absolute atomic E-state index is 0.304. The number of nitrogens with zero attached hydrogens (tertiary/aromatic N) is 3. The molecule has 142 valence electrons. The molecule has 0 bridgehead atoms. The van der Waals surface area contributed by atoms with Gasteiger partial charge in [0.05, 0.1) is 13.7 Å². The first-order chi connectivity index (χ1) is 13.7. The van der Waals surface area contributed by atoms with Crippen LogP contribution in [0.1, 0.15) is 28.4 Å². The van der Waals surface area contributed by atoms with Gasteiger partial charge in [0.25, 0.3) is 0 Å². The Morgan fingerprint density at radius 1 is 1.07 bits per heavy atom. The van der Waals surface area contributed by atoms with Gasteiger partial charge < -0.3 is 14.4 Å². The van der Waals surface area contributed by atoms with E-state index >= 15 is 0 Å². The molecule has 1 aliphatic heterocycles. The summed E-state index contributed by atoms with van der Waals surface area (Å²) in [6.07, 6.45) is 1.56. The number of anilines is 1. The van der Waals surface area contributed by atoms with Gasteiger partial charge in [-0.3, -0.25) is 0 Å². The number of esters is 1. The van der Waals surface area contributed by atoms with Crippen LogP contribution in [-0.2, 0) is 17.8 Å². The number of ether oxygens (including phenoxy) is 2. The van der Waals surface area contributed by atoms with Crippen molar-refractivity contribution in [2.75, 3.05) is 18.6 Å². The van der Waals surface area contributed by atoms with E-state index in [9.17, 15) is 4.79 Å². The number of benzene rings is 2. The molecule has 0 aliphatic carbocycles. The Morgan fingerprint density at radius 2 is 1.75 bits per heavy atom. The lowest BCUT2D eigenvalue weighted by Crippen LogP contribution is -2.21. The average molecular weight is 375 g/mol. The summed E-state index contributed by atoms with van der Waals surface area (Å²) in [5.74, 6) is 1.51. The van der Waals surface area contributed by atoms with Crippen LogP contribution in [0, 0.1) is 0 Å². The maximum Gasteiger partial charge on any atom is 0.343 e. The maximum atomic E-state index is 12.5. The summed E-state index contributed by atoms with van der Waals surface area (Å²) < 4.78 is 10.4. The van der Waals surface area contributed by atoms with E-state index in [1.165, 1.54) is 11.1 Å². The topological polar surface area (TPSA) is 64.5 Å². The van der Waals surface area contributed by atoms with E-state index in [-0.39, 0.29) is 0 Å². The van der Waals surface area contributed by atoms with Gasteiger partial charge in [0.2, 0.25) is 0 Å². The summed E-state index contributed by atoms with van der Waals surface area (Å²) in [5.41, 5.74) is 3.71. The lowest BCUT2D eigenvalue weighted by Gasteiger charge is -2.20. The van der Waals surface area contributed by atoms with Crippen molar-refractivity contribution < 1.29 is 14.3 Å². The summed E-state index contributed by atoms with van der Waals surface area (Å²) in [6.45, 7) is 3.48. The first kappa shape index (κ1) is 18.0. The number of carbonyl (C=O) groups is 1. The fraction of sp³-hybridized carbons (Fsp3) is 0.227. The molecule has 4 rings (SSSR count). The van der Waals surface area contributed by atoms with E-state index < -0.39 is 5.97 Å². The summed E-state index contributed by atoms with van der Waals surface area (Å²) in [7, 11) is 1.63. The SMILES string of the molecule is CCOC(=O)c1cnc(-c2ccc(OC)cc2)nc1N1Cc2ccccc2C1. The molecule has 1 aromatic heterocycles. The van der Waals surface area contributed by atoms with E-state index in [4.69, 9.17) is 14.5 Å². The molecule has 0 N–H and O–H groups in total. The summed E-state index contributed by atoms with van der Waals surface area (Å²) in [4.78, 5) is 23.7.